The summed E-state index contributed by atoms with van der Waals surface area (Å²) in [4.78, 5) is 17.4. The van der Waals surface area contributed by atoms with Crippen LogP contribution in [0.2, 0.25) is 0 Å². The number of benzene rings is 2. The molecule has 2 atom stereocenters. The molecule has 2 aromatic carbocycles. The molecule has 1 saturated heterocycles. The van der Waals surface area contributed by atoms with E-state index in [1.54, 1.807) is 0 Å². The van der Waals surface area contributed by atoms with Gasteiger partial charge >= 0.3 is 0 Å². The smallest absolute Gasteiger partial charge is 0.222 e. The van der Waals surface area contributed by atoms with Crippen molar-refractivity contribution in [1.29, 1.82) is 0 Å². The number of nitrogens with zero attached hydrogens (tertiary/aromatic N) is 5. The Morgan fingerprint density at radius 3 is 2.39 bits per heavy atom. The first-order valence-corrected chi connectivity index (χ1v) is 10.8. The van der Waals surface area contributed by atoms with Crippen molar-refractivity contribution in [2.75, 3.05) is 19.6 Å². The van der Waals surface area contributed by atoms with E-state index in [1.165, 1.54) is 5.56 Å². The highest BCUT2D eigenvalue weighted by Crippen LogP contribution is 2.34. The van der Waals surface area contributed by atoms with Gasteiger partial charge in [0.25, 0.3) is 0 Å². The summed E-state index contributed by atoms with van der Waals surface area (Å²) in [6.45, 7) is 5.30. The van der Waals surface area contributed by atoms with Crippen molar-refractivity contribution in [3.63, 3.8) is 0 Å². The van der Waals surface area contributed by atoms with E-state index in [4.69, 9.17) is 0 Å². The van der Waals surface area contributed by atoms with Gasteiger partial charge in [-0.3, -0.25) is 9.69 Å². The van der Waals surface area contributed by atoms with Crippen LogP contribution in [0.1, 0.15) is 30.6 Å². The van der Waals surface area contributed by atoms with Crippen molar-refractivity contribution < 1.29 is 4.79 Å². The maximum absolute atomic E-state index is 12.8. The van der Waals surface area contributed by atoms with Crippen LogP contribution in [0.15, 0.2) is 60.7 Å². The molecule has 0 radical (unpaired) electrons. The summed E-state index contributed by atoms with van der Waals surface area (Å²) >= 11 is 0. The minimum Gasteiger partial charge on any atom is -0.336 e. The van der Waals surface area contributed by atoms with Gasteiger partial charge in [0.05, 0.1) is 17.8 Å². The predicted octanol–water partition coefficient (Wildman–Crippen LogP) is 3.59. The van der Waals surface area contributed by atoms with E-state index >= 15 is 0 Å². The Bertz CT molecular complexity index is 1020. The van der Waals surface area contributed by atoms with Crippen molar-refractivity contribution in [2.45, 2.75) is 38.4 Å². The molecule has 0 N–H and O–H groups in total. The third-order valence-corrected chi connectivity index (χ3v) is 6.35. The van der Waals surface area contributed by atoms with E-state index in [-0.39, 0.29) is 30.4 Å². The number of aromatic nitrogens is 3. The molecule has 1 fully saturated rings. The van der Waals surface area contributed by atoms with E-state index < -0.39 is 0 Å². The van der Waals surface area contributed by atoms with E-state index in [1.807, 2.05) is 31.2 Å². The first-order valence-electron chi connectivity index (χ1n) is 10.8. The van der Waals surface area contributed by atoms with Gasteiger partial charge < -0.3 is 4.90 Å². The molecule has 3 heterocycles. The Kier molecular flexibility index (Phi) is 6.39. The Balaban J connectivity index is 0.00000231. The van der Waals surface area contributed by atoms with Crippen molar-refractivity contribution in [3.05, 3.63) is 71.9 Å². The quantitative estimate of drug-likeness (QED) is 0.626. The van der Waals surface area contributed by atoms with E-state index in [0.717, 1.165) is 49.6 Å². The molecule has 3 aromatic rings. The molecule has 1 aromatic heterocycles. The molecular weight excluding hydrogens is 410 g/mol. The molecule has 31 heavy (non-hydrogen) atoms. The number of carbonyl (C=O) groups excluding carboxylic acids is 1. The Hall–Kier alpha value is -2.70. The van der Waals surface area contributed by atoms with Crippen LogP contribution >= 0.6 is 12.4 Å². The molecular formula is C24H28ClN5O. The highest BCUT2D eigenvalue weighted by Gasteiger charge is 2.43. The molecule has 0 aliphatic carbocycles. The molecule has 0 bridgehead atoms. The number of carbonyl (C=O) groups is 1. The zero-order valence-corrected chi connectivity index (χ0v) is 18.5. The van der Waals surface area contributed by atoms with Gasteiger partial charge in [0, 0.05) is 44.6 Å². The third kappa shape index (κ3) is 4.10. The van der Waals surface area contributed by atoms with E-state index in [2.05, 4.69) is 61.2 Å². The lowest BCUT2D eigenvalue weighted by Gasteiger charge is -2.30. The fourth-order valence-corrected chi connectivity index (χ4v) is 4.90. The molecule has 2 aliphatic heterocycles. The lowest BCUT2D eigenvalue weighted by atomic mass is 10.1. The maximum atomic E-state index is 12.8. The lowest BCUT2D eigenvalue weighted by molar-refractivity contribution is -0.133. The van der Waals surface area contributed by atoms with Crippen LogP contribution < -0.4 is 0 Å². The number of likely N-dealkylation sites (tertiary alicyclic amines) is 1. The summed E-state index contributed by atoms with van der Waals surface area (Å²) in [5, 5.41) is 9.16. The second-order valence-electron chi connectivity index (χ2n) is 8.20. The largest absolute Gasteiger partial charge is 0.336 e. The van der Waals surface area contributed by atoms with Gasteiger partial charge in [-0.25, -0.2) is 4.68 Å². The molecule has 1 amide bonds. The van der Waals surface area contributed by atoms with Crippen LogP contribution in [-0.4, -0.2) is 56.4 Å². The van der Waals surface area contributed by atoms with Crippen LogP contribution in [0.25, 0.3) is 11.3 Å². The van der Waals surface area contributed by atoms with Crippen LogP contribution in [0.4, 0.5) is 0 Å². The number of hydrogen-bond acceptors (Lipinski definition) is 4. The number of hydrogen-bond donors (Lipinski definition) is 0. The third-order valence-electron chi connectivity index (χ3n) is 6.35. The minimum atomic E-state index is 0. The highest BCUT2D eigenvalue weighted by molar-refractivity contribution is 5.85. The van der Waals surface area contributed by atoms with Gasteiger partial charge in [-0.05, 0) is 5.56 Å². The Morgan fingerprint density at radius 2 is 1.68 bits per heavy atom. The summed E-state index contributed by atoms with van der Waals surface area (Å²) < 4.78 is 2.11. The Morgan fingerprint density at radius 1 is 1.00 bits per heavy atom. The molecule has 162 valence electrons. The minimum absolute atomic E-state index is 0. The topological polar surface area (TPSA) is 54.3 Å². The monoisotopic (exact) mass is 437 g/mol. The standard InChI is InChI=1S/C24H27N5O.ClH/c1-2-23(30)28-14-13-20-24(19-11-7-4-8-12-19)25-26-29(20)22-17-27(16-21(22)28)15-18-9-5-3-6-10-18;/h3-12,21-22H,2,13-17H2,1H3;1H/t21-,22+;/m0./s1. The van der Waals surface area contributed by atoms with E-state index in [0.29, 0.717) is 6.42 Å². The fourth-order valence-electron chi connectivity index (χ4n) is 4.90. The zero-order chi connectivity index (χ0) is 20.5. The summed E-state index contributed by atoms with van der Waals surface area (Å²) in [5.41, 5.74) is 4.47. The summed E-state index contributed by atoms with van der Waals surface area (Å²) in [6.07, 6.45) is 1.32. The second kappa shape index (κ2) is 9.20. The van der Waals surface area contributed by atoms with Crippen LogP contribution in [-0.2, 0) is 17.8 Å². The average Bonchev–Trinajstić information content (AvgIpc) is 3.36. The van der Waals surface area contributed by atoms with Gasteiger partial charge in [0.1, 0.15) is 5.69 Å². The van der Waals surface area contributed by atoms with Crippen LogP contribution in [0, 0.1) is 0 Å². The maximum Gasteiger partial charge on any atom is 0.222 e. The molecule has 2 aliphatic rings. The number of rotatable bonds is 4. The van der Waals surface area contributed by atoms with Crippen molar-refractivity contribution in [1.82, 2.24) is 24.8 Å². The van der Waals surface area contributed by atoms with E-state index in [9.17, 15) is 4.79 Å². The van der Waals surface area contributed by atoms with Crippen molar-refractivity contribution in [2.24, 2.45) is 0 Å². The molecule has 0 saturated carbocycles. The SMILES string of the molecule is CCC(=O)N1CCc2c(-c3ccccc3)nnn2[C@@H]2CN(Cc3ccccc3)C[C@@H]21.Cl. The van der Waals surface area contributed by atoms with Gasteiger partial charge in [-0.1, -0.05) is 72.8 Å². The summed E-state index contributed by atoms with van der Waals surface area (Å²) in [6, 6.07) is 21.0. The molecule has 6 nitrogen and oxygen atoms in total. The van der Waals surface area contributed by atoms with Gasteiger partial charge in [0.2, 0.25) is 5.91 Å². The van der Waals surface area contributed by atoms with Crippen molar-refractivity contribution >= 4 is 18.3 Å². The molecule has 0 unspecified atom stereocenters. The average molecular weight is 438 g/mol. The highest BCUT2D eigenvalue weighted by atomic mass is 35.5. The predicted molar refractivity (Wildman–Crippen MR) is 123 cm³/mol. The summed E-state index contributed by atoms with van der Waals surface area (Å²) in [5.74, 6) is 0.228. The lowest BCUT2D eigenvalue weighted by Crippen LogP contribution is -2.44. The van der Waals surface area contributed by atoms with Crippen LogP contribution in [0.5, 0.6) is 0 Å². The number of amides is 1. The number of fused-ring (bicyclic) bond motifs is 3. The fraction of sp³-hybridized carbons (Fsp3) is 0.375. The van der Waals surface area contributed by atoms with Crippen molar-refractivity contribution in [3.8, 4) is 11.3 Å². The van der Waals surface area contributed by atoms with Gasteiger partial charge in [0.15, 0.2) is 0 Å². The van der Waals surface area contributed by atoms with Crippen LogP contribution in [0.3, 0.4) is 0 Å². The van der Waals surface area contributed by atoms with Gasteiger partial charge in [-0.2, -0.15) is 0 Å². The molecule has 7 heteroatoms. The normalized spacial score (nSPS) is 20.5. The summed E-state index contributed by atoms with van der Waals surface area (Å²) in [7, 11) is 0. The molecule has 0 spiro atoms. The van der Waals surface area contributed by atoms with Gasteiger partial charge in [-0.15, -0.1) is 17.5 Å². The first kappa shape index (κ1) is 21.5. The number of halogens is 1. The molecule has 5 rings (SSSR count). The first-order chi connectivity index (χ1) is 14.7. The Labute approximate surface area is 189 Å². The second-order valence-corrected chi connectivity index (χ2v) is 8.20. The zero-order valence-electron chi connectivity index (χ0n) is 17.7.